The molecule has 0 fully saturated rings. The summed E-state index contributed by atoms with van der Waals surface area (Å²) in [4.78, 5) is 10.3. The topological polar surface area (TPSA) is 49.3 Å². The van der Waals surface area contributed by atoms with Crippen LogP contribution >= 0.6 is 0 Å². The average molecular weight is 354 g/mol. The first kappa shape index (κ1) is 26.1. The summed E-state index contributed by atoms with van der Waals surface area (Å²) in [5.74, 6) is -0.671. The molecule has 0 amide bonds. The van der Waals surface area contributed by atoms with E-state index in [2.05, 4.69) is 50.4 Å². The number of aliphatic carboxylic acids is 1. The number of hydrogen-bond donors (Lipinski definition) is 2. The number of nitrogens with one attached hydrogen (secondary N) is 1. The predicted molar refractivity (Wildman–Crippen MR) is 111 cm³/mol. The van der Waals surface area contributed by atoms with Crippen LogP contribution in [0.4, 0.5) is 0 Å². The van der Waals surface area contributed by atoms with Crippen molar-refractivity contribution in [3.63, 3.8) is 0 Å². The highest BCUT2D eigenvalue weighted by Crippen LogP contribution is 2.08. The summed E-state index contributed by atoms with van der Waals surface area (Å²) in [5, 5.41) is 11.6. The zero-order valence-corrected chi connectivity index (χ0v) is 17.1. The number of carboxylic acids is 1. The number of carbonyl (C=O) groups is 1. The standard InChI is InChI=1S/C18H32O2.C4H11N/c1-2-3-4-5-6-7-8-9-10-11-12-13-14-15-16-17-18(19)20;1-3-5-4-2/h6-7,9-10H,2-5,8,11-17H2,1H3,(H,19,20);5H,3-4H2,1-2H3/b7-6-,10-9-;. The quantitative estimate of drug-likeness (QED) is 0.246. The van der Waals surface area contributed by atoms with E-state index in [0.29, 0.717) is 6.42 Å². The molecule has 0 aliphatic carbocycles. The second-order valence-corrected chi connectivity index (χ2v) is 6.33. The van der Waals surface area contributed by atoms with Crippen molar-refractivity contribution in [2.45, 2.75) is 97.8 Å². The largest absolute Gasteiger partial charge is 0.481 e. The van der Waals surface area contributed by atoms with E-state index in [9.17, 15) is 4.79 Å². The fourth-order valence-electron chi connectivity index (χ4n) is 2.34. The van der Waals surface area contributed by atoms with E-state index in [0.717, 1.165) is 38.8 Å². The monoisotopic (exact) mass is 353 g/mol. The van der Waals surface area contributed by atoms with Gasteiger partial charge in [0.15, 0.2) is 0 Å². The second-order valence-electron chi connectivity index (χ2n) is 6.33. The number of carboxylic acid groups (broad SMARTS) is 1. The van der Waals surface area contributed by atoms with Gasteiger partial charge >= 0.3 is 5.97 Å². The Bertz CT molecular complexity index is 309. The van der Waals surface area contributed by atoms with Gasteiger partial charge in [-0.05, 0) is 51.6 Å². The van der Waals surface area contributed by atoms with Crippen molar-refractivity contribution < 1.29 is 9.90 Å². The molecule has 2 N–H and O–H groups in total. The third-order valence-electron chi connectivity index (χ3n) is 3.84. The van der Waals surface area contributed by atoms with E-state index in [1.807, 2.05) is 0 Å². The Hall–Kier alpha value is -1.09. The summed E-state index contributed by atoms with van der Waals surface area (Å²) in [6, 6.07) is 0. The Labute approximate surface area is 157 Å². The van der Waals surface area contributed by atoms with E-state index < -0.39 is 5.97 Å². The highest BCUT2D eigenvalue weighted by Gasteiger charge is 1.95. The van der Waals surface area contributed by atoms with E-state index in [1.165, 1.54) is 44.9 Å². The number of rotatable bonds is 16. The molecule has 0 aromatic heterocycles. The van der Waals surface area contributed by atoms with Gasteiger partial charge in [0.2, 0.25) is 0 Å². The van der Waals surface area contributed by atoms with Crippen LogP contribution in [0.2, 0.25) is 0 Å². The minimum absolute atomic E-state index is 0.324. The summed E-state index contributed by atoms with van der Waals surface area (Å²) in [6.07, 6.45) is 22.3. The lowest BCUT2D eigenvalue weighted by Gasteiger charge is -1.98. The highest BCUT2D eigenvalue weighted by molar-refractivity contribution is 5.66. The van der Waals surface area contributed by atoms with Crippen LogP contribution in [-0.2, 0) is 4.79 Å². The molecule has 0 heterocycles. The molecule has 0 unspecified atom stereocenters. The maximum atomic E-state index is 10.3. The zero-order chi connectivity index (χ0) is 19.0. The van der Waals surface area contributed by atoms with Crippen molar-refractivity contribution in [2.75, 3.05) is 13.1 Å². The Morgan fingerprint density at radius 1 is 0.760 bits per heavy atom. The van der Waals surface area contributed by atoms with Crippen LogP contribution < -0.4 is 5.32 Å². The van der Waals surface area contributed by atoms with Crippen LogP contribution in [0.15, 0.2) is 24.3 Å². The van der Waals surface area contributed by atoms with Gasteiger partial charge in [-0.2, -0.15) is 0 Å². The molecule has 0 aliphatic heterocycles. The Balaban J connectivity index is 0. The predicted octanol–water partition coefficient (Wildman–Crippen LogP) is 6.50. The van der Waals surface area contributed by atoms with Gasteiger partial charge in [0, 0.05) is 6.42 Å². The fourth-order valence-corrected chi connectivity index (χ4v) is 2.34. The summed E-state index contributed by atoms with van der Waals surface area (Å²) >= 11 is 0. The summed E-state index contributed by atoms with van der Waals surface area (Å²) < 4.78 is 0. The first-order chi connectivity index (χ1) is 12.2. The third kappa shape index (κ3) is 31.2. The lowest BCUT2D eigenvalue weighted by Crippen LogP contribution is -2.09. The molecule has 3 nitrogen and oxygen atoms in total. The van der Waals surface area contributed by atoms with Gasteiger partial charge < -0.3 is 10.4 Å². The molecule has 0 saturated heterocycles. The molecule has 0 aromatic rings. The molecule has 3 heteroatoms. The van der Waals surface area contributed by atoms with E-state index in [4.69, 9.17) is 5.11 Å². The van der Waals surface area contributed by atoms with Crippen LogP contribution in [0.5, 0.6) is 0 Å². The SMILES string of the molecule is CCCCC/C=C\C/C=C\CCCCCCCC(=O)O.CCNCC. The smallest absolute Gasteiger partial charge is 0.303 e. The Kier molecular flexibility index (Phi) is 26.3. The lowest BCUT2D eigenvalue weighted by atomic mass is 10.1. The summed E-state index contributed by atoms with van der Waals surface area (Å²) in [7, 11) is 0. The Morgan fingerprint density at radius 3 is 1.76 bits per heavy atom. The normalized spacial score (nSPS) is 11.0. The zero-order valence-electron chi connectivity index (χ0n) is 17.1. The third-order valence-corrected chi connectivity index (χ3v) is 3.84. The van der Waals surface area contributed by atoms with Crippen molar-refractivity contribution in [1.82, 2.24) is 5.32 Å². The number of allylic oxidation sites excluding steroid dienone is 4. The lowest BCUT2D eigenvalue weighted by molar-refractivity contribution is -0.137. The molecule has 0 aliphatic rings. The van der Waals surface area contributed by atoms with Crippen LogP contribution in [0.25, 0.3) is 0 Å². The maximum absolute atomic E-state index is 10.3. The summed E-state index contributed by atoms with van der Waals surface area (Å²) in [5.41, 5.74) is 0. The Morgan fingerprint density at radius 2 is 1.28 bits per heavy atom. The number of unbranched alkanes of at least 4 members (excludes halogenated alkanes) is 8. The van der Waals surface area contributed by atoms with Crippen LogP contribution in [0.3, 0.4) is 0 Å². The second kappa shape index (κ2) is 25.2. The van der Waals surface area contributed by atoms with Crippen molar-refractivity contribution >= 4 is 5.97 Å². The maximum Gasteiger partial charge on any atom is 0.303 e. The van der Waals surface area contributed by atoms with E-state index in [-0.39, 0.29) is 0 Å². The average Bonchev–Trinajstić information content (AvgIpc) is 2.59. The molecule has 0 radical (unpaired) electrons. The van der Waals surface area contributed by atoms with E-state index >= 15 is 0 Å². The van der Waals surface area contributed by atoms with Crippen LogP contribution in [0, 0.1) is 0 Å². The van der Waals surface area contributed by atoms with Gasteiger partial charge in [-0.15, -0.1) is 0 Å². The van der Waals surface area contributed by atoms with Crippen LogP contribution in [-0.4, -0.2) is 24.2 Å². The molecule has 148 valence electrons. The molecule has 25 heavy (non-hydrogen) atoms. The molecular weight excluding hydrogens is 310 g/mol. The van der Waals surface area contributed by atoms with Gasteiger partial charge in [-0.1, -0.05) is 77.2 Å². The number of hydrogen-bond acceptors (Lipinski definition) is 2. The van der Waals surface area contributed by atoms with Crippen molar-refractivity contribution in [3.05, 3.63) is 24.3 Å². The first-order valence-corrected chi connectivity index (χ1v) is 10.4. The van der Waals surface area contributed by atoms with E-state index in [1.54, 1.807) is 0 Å². The van der Waals surface area contributed by atoms with Gasteiger partial charge in [-0.3, -0.25) is 4.79 Å². The van der Waals surface area contributed by atoms with Gasteiger partial charge in [0.25, 0.3) is 0 Å². The molecule has 0 rings (SSSR count). The molecular formula is C22H43NO2. The van der Waals surface area contributed by atoms with Gasteiger partial charge in [0.1, 0.15) is 0 Å². The minimum atomic E-state index is -0.671. The molecule has 0 saturated carbocycles. The van der Waals surface area contributed by atoms with Gasteiger partial charge in [0.05, 0.1) is 0 Å². The van der Waals surface area contributed by atoms with Gasteiger partial charge in [-0.25, -0.2) is 0 Å². The van der Waals surface area contributed by atoms with Crippen LogP contribution in [0.1, 0.15) is 97.8 Å². The molecule has 0 aromatic carbocycles. The van der Waals surface area contributed by atoms with Crippen molar-refractivity contribution in [3.8, 4) is 0 Å². The minimum Gasteiger partial charge on any atom is -0.481 e. The molecule has 0 bridgehead atoms. The molecule has 0 spiro atoms. The van der Waals surface area contributed by atoms with Crippen molar-refractivity contribution in [2.24, 2.45) is 0 Å². The fraction of sp³-hybridized carbons (Fsp3) is 0.773. The molecule has 0 atom stereocenters. The van der Waals surface area contributed by atoms with Crippen molar-refractivity contribution in [1.29, 1.82) is 0 Å². The summed E-state index contributed by atoms with van der Waals surface area (Å²) in [6.45, 7) is 8.62. The highest BCUT2D eigenvalue weighted by atomic mass is 16.4. The first-order valence-electron chi connectivity index (χ1n) is 10.4.